The van der Waals surface area contributed by atoms with E-state index in [-0.39, 0.29) is 6.61 Å². The standard InChI is InChI=1S/C13H19ClO4/c1-16-7-8-17-5-2-6-18-13-4-3-12(14)9-11(13)10-15/h3-4,9,15H,2,5-8,10H2,1H3. The molecule has 1 rings (SSSR count). The van der Waals surface area contributed by atoms with Crippen LogP contribution in [0.15, 0.2) is 18.2 Å². The molecule has 0 saturated heterocycles. The van der Waals surface area contributed by atoms with Crippen LogP contribution in [0.3, 0.4) is 0 Å². The molecule has 0 bridgehead atoms. The van der Waals surface area contributed by atoms with Crippen molar-refractivity contribution < 1.29 is 19.3 Å². The fourth-order valence-electron chi connectivity index (χ4n) is 1.40. The van der Waals surface area contributed by atoms with Gasteiger partial charge in [-0.3, -0.25) is 0 Å². The summed E-state index contributed by atoms with van der Waals surface area (Å²) < 4.78 is 15.7. The quantitative estimate of drug-likeness (QED) is 0.702. The zero-order valence-corrected chi connectivity index (χ0v) is 11.3. The fourth-order valence-corrected chi connectivity index (χ4v) is 1.59. The molecule has 0 fully saturated rings. The summed E-state index contributed by atoms with van der Waals surface area (Å²) >= 11 is 5.83. The molecular formula is C13H19ClO4. The van der Waals surface area contributed by atoms with Gasteiger partial charge in [0.1, 0.15) is 5.75 Å². The Labute approximate surface area is 112 Å². The first-order chi connectivity index (χ1) is 8.77. The van der Waals surface area contributed by atoms with E-state index in [1.165, 1.54) is 0 Å². The summed E-state index contributed by atoms with van der Waals surface area (Å²) in [5.74, 6) is 0.666. The number of halogens is 1. The summed E-state index contributed by atoms with van der Waals surface area (Å²) in [5.41, 5.74) is 0.697. The third-order valence-corrected chi connectivity index (χ3v) is 2.55. The highest BCUT2D eigenvalue weighted by Crippen LogP contribution is 2.22. The first-order valence-corrected chi connectivity index (χ1v) is 6.24. The van der Waals surface area contributed by atoms with E-state index in [2.05, 4.69) is 0 Å². The normalized spacial score (nSPS) is 10.6. The van der Waals surface area contributed by atoms with E-state index >= 15 is 0 Å². The van der Waals surface area contributed by atoms with E-state index < -0.39 is 0 Å². The minimum atomic E-state index is -0.0831. The van der Waals surface area contributed by atoms with Crippen LogP contribution in [0.5, 0.6) is 5.75 Å². The molecule has 0 atom stereocenters. The van der Waals surface area contributed by atoms with Crippen molar-refractivity contribution in [3.05, 3.63) is 28.8 Å². The van der Waals surface area contributed by atoms with Gasteiger partial charge in [0.2, 0.25) is 0 Å². The summed E-state index contributed by atoms with van der Waals surface area (Å²) in [6.45, 7) is 2.29. The van der Waals surface area contributed by atoms with Crippen LogP contribution in [0, 0.1) is 0 Å². The van der Waals surface area contributed by atoms with Gasteiger partial charge in [0.25, 0.3) is 0 Å². The molecule has 4 nitrogen and oxygen atoms in total. The van der Waals surface area contributed by atoms with Crippen LogP contribution in [-0.2, 0) is 16.1 Å². The van der Waals surface area contributed by atoms with Crippen molar-refractivity contribution in [3.63, 3.8) is 0 Å². The van der Waals surface area contributed by atoms with Crippen molar-refractivity contribution in [1.82, 2.24) is 0 Å². The fraction of sp³-hybridized carbons (Fsp3) is 0.538. The van der Waals surface area contributed by atoms with E-state index in [1.54, 1.807) is 25.3 Å². The van der Waals surface area contributed by atoms with Gasteiger partial charge in [-0.05, 0) is 18.2 Å². The maximum absolute atomic E-state index is 9.17. The van der Waals surface area contributed by atoms with E-state index in [9.17, 15) is 0 Å². The number of rotatable bonds is 9. The van der Waals surface area contributed by atoms with Gasteiger partial charge in [0.05, 0.1) is 26.4 Å². The summed E-state index contributed by atoms with van der Waals surface area (Å²) in [4.78, 5) is 0. The topological polar surface area (TPSA) is 47.9 Å². The number of aliphatic hydroxyl groups excluding tert-OH is 1. The molecule has 0 aliphatic rings. The number of hydrogen-bond acceptors (Lipinski definition) is 4. The Balaban J connectivity index is 2.22. The molecule has 0 unspecified atom stereocenters. The zero-order valence-electron chi connectivity index (χ0n) is 10.5. The van der Waals surface area contributed by atoms with Gasteiger partial charge in [-0.25, -0.2) is 0 Å². The molecular weight excluding hydrogens is 256 g/mol. The first-order valence-electron chi connectivity index (χ1n) is 5.86. The van der Waals surface area contributed by atoms with Crippen molar-refractivity contribution in [3.8, 4) is 5.75 Å². The van der Waals surface area contributed by atoms with Gasteiger partial charge in [0.15, 0.2) is 0 Å². The maximum Gasteiger partial charge on any atom is 0.124 e. The van der Waals surface area contributed by atoms with Gasteiger partial charge in [-0.15, -0.1) is 0 Å². The Morgan fingerprint density at radius 2 is 2.00 bits per heavy atom. The summed E-state index contributed by atoms with van der Waals surface area (Å²) in [6.07, 6.45) is 0.789. The monoisotopic (exact) mass is 274 g/mol. The van der Waals surface area contributed by atoms with E-state index in [4.69, 9.17) is 30.9 Å². The van der Waals surface area contributed by atoms with Crippen molar-refractivity contribution in [2.45, 2.75) is 13.0 Å². The van der Waals surface area contributed by atoms with Gasteiger partial charge in [0, 0.05) is 30.7 Å². The first kappa shape index (κ1) is 15.2. The number of ether oxygens (including phenoxy) is 3. The molecule has 0 saturated carbocycles. The largest absolute Gasteiger partial charge is 0.493 e. The molecule has 18 heavy (non-hydrogen) atoms. The second-order valence-electron chi connectivity index (χ2n) is 3.72. The van der Waals surface area contributed by atoms with Crippen molar-refractivity contribution in [2.24, 2.45) is 0 Å². The number of methoxy groups -OCH3 is 1. The van der Waals surface area contributed by atoms with E-state index in [1.807, 2.05) is 0 Å². The Hall–Kier alpha value is -0.810. The van der Waals surface area contributed by atoms with Crippen molar-refractivity contribution in [2.75, 3.05) is 33.5 Å². The number of aliphatic hydroxyl groups is 1. The zero-order chi connectivity index (χ0) is 13.2. The van der Waals surface area contributed by atoms with Crippen LogP contribution in [-0.4, -0.2) is 38.6 Å². The average Bonchev–Trinajstić information content (AvgIpc) is 2.39. The Morgan fingerprint density at radius 3 is 2.72 bits per heavy atom. The van der Waals surface area contributed by atoms with Crippen molar-refractivity contribution >= 4 is 11.6 Å². The van der Waals surface area contributed by atoms with Crippen LogP contribution in [0.25, 0.3) is 0 Å². The molecule has 0 aromatic heterocycles. The summed E-state index contributed by atoms with van der Waals surface area (Å²) in [6, 6.07) is 5.21. The van der Waals surface area contributed by atoms with Crippen LogP contribution in [0.4, 0.5) is 0 Å². The highest BCUT2D eigenvalue weighted by molar-refractivity contribution is 6.30. The average molecular weight is 275 g/mol. The summed E-state index contributed by atoms with van der Waals surface area (Å²) in [7, 11) is 1.64. The number of benzene rings is 1. The molecule has 5 heteroatoms. The van der Waals surface area contributed by atoms with Gasteiger partial charge >= 0.3 is 0 Å². The third kappa shape index (κ3) is 5.69. The minimum Gasteiger partial charge on any atom is -0.493 e. The lowest BCUT2D eigenvalue weighted by Gasteiger charge is -2.10. The smallest absolute Gasteiger partial charge is 0.124 e. The highest BCUT2D eigenvalue weighted by Gasteiger charge is 2.03. The van der Waals surface area contributed by atoms with Crippen LogP contribution in [0.1, 0.15) is 12.0 Å². The second kappa shape index (κ2) is 9.16. The van der Waals surface area contributed by atoms with Crippen LogP contribution in [0.2, 0.25) is 5.02 Å². The lowest BCUT2D eigenvalue weighted by molar-refractivity contribution is 0.0643. The minimum absolute atomic E-state index is 0.0831. The molecule has 1 aromatic carbocycles. The molecule has 0 aliphatic carbocycles. The molecule has 102 valence electrons. The van der Waals surface area contributed by atoms with Gasteiger partial charge in [-0.2, -0.15) is 0 Å². The molecule has 0 heterocycles. The number of hydrogen-bond donors (Lipinski definition) is 1. The van der Waals surface area contributed by atoms with Gasteiger partial charge in [-0.1, -0.05) is 11.6 Å². The molecule has 1 aromatic rings. The highest BCUT2D eigenvalue weighted by atomic mass is 35.5. The van der Waals surface area contributed by atoms with Crippen LogP contribution >= 0.6 is 11.6 Å². The predicted octanol–water partition coefficient (Wildman–Crippen LogP) is 2.26. The predicted molar refractivity (Wildman–Crippen MR) is 70.2 cm³/mol. The van der Waals surface area contributed by atoms with Gasteiger partial charge < -0.3 is 19.3 Å². The van der Waals surface area contributed by atoms with E-state index in [0.717, 1.165) is 6.42 Å². The lowest BCUT2D eigenvalue weighted by atomic mass is 10.2. The van der Waals surface area contributed by atoms with Crippen LogP contribution < -0.4 is 4.74 Å². The molecule has 0 radical (unpaired) electrons. The third-order valence-electron chi connectivity index (χ3n) is 2.32. The molecule has 0 aliphatic heterocycles. The Bertz CT molecular complexity index is 344. The van der Waals surface area contributed by atoms with E-state index in [0.29, 0.717) is 42.8 Å². The Kier molecular flexibility index (Phi) is 7.76. The Morgan fingerprint density at radius 1 is 1.17 bits per heavy atom. The maximum atomic E-state index is 9.17. The second-order valence-corrected chi connectivity index (χ2v) is 4.15. The lowest BCUT2D eigenvalue weighted by Crippen LogP contribution is -2.07. The SMILES string of the molecule is COCCOCCCOc1ccc(Cl)cc1CO. The summed E-state index contributed by atoms with van der Waals surface area (Å²) in [5, 5.41) is 9.76. The molecule has 0 spiro atoms. The molecule has 1 N–H and O–H groups in total. The van der Waals surface area contributed by atoms with Crippen molar-refractivity contribution in [1.29, 1.82) is 0 Å². The molecule has 0 amide bonds.